The van der Waals surface area contributed by atoms with E-state index in [9.17, 15) is 4.79 Å². The van der Waals surface area contributed by atoms with Crippen LogP contribution in [0.25, 0.3) is 0 Å². The molecule has 2 saturated heterocycles. The molecule has 6 heteroatoms. The number of piperidine rings is 1. The van der Waals surface area contributed by atoms with Crippen LogP contribution in [0.3, 0.4) is 0 Å². The Morgan fingerprint density at radius 2 is 2.04 bits per heavy atom. The van der Waals surface area contributed by atoms with Crippen molar-refractivity contribution in [1.29, 1.82) is 0 Å². The van der Waals surface area contributed by atoms with Crippen LogP contribution in [0.5, 0.6) is 0 Å². The average Bonchev–Trinajstić information content (AvgIpc) is 3.17. The fraction of sp³-hybridized carbons (Fsp3) is 0.619. The van der Waals surface area contributed by atoms with Gasteiger partial charge in [-0.3, -0.25) is 9.78 Å². The molecule has 1 aliphatic carbocycles. The van der Waals surface area contributed by atoms with Crippen LogP contribution in [0.15, 0.2) is 30.0 Å². The molecule has 4 rings (SSSR count). The van der Waals surface area contributed by atoms with Gasteiger partial charge in [-0.15, -0.1) is 0 Å². The summed E-state index contributed by atoms with van der Waals surface area (Å²) in [6, 6.07) is 3.86. The first-order chi connectivity index (χ1) is 13.2. The third kappa shape index (κ3) is 4.50. The molecule has 3 aliphatic rings. The van der Waals surface area contributed by atoms with Gasteiger partial charge < -0.3 is 19.7 Å². The van der Waals surface area contributed by atoms with Crippen molar-refractivity contribution < 1.29 is 14.3 Å². The number of aromatic nitrogens is 1. The molecule has 0 aromatic carbocycles. The van der Waals surface area contributed by atoms with Gasteiger partial charge in [0, 0.05) is 44.4 Å². The third-order valence-corrected chi connectivity index (χ3v) is 5.80. The van der Waals surface area contributed by atoms with Crippen LogP contribution >= 0.6 is 0 Å². The van der Waals surface area contributed by atoms with Crippen LogP contribution in [0.4, 0.5) is 5.69 Å². The Bertz CT molecular complexity index is 688. The van der Waals surface area contributed by atoms with Crippen LogP contribution < -0.4 is 10.2 Å². The van der Waals surface area contributed by atoms with Gasteiger partial charge in [0.2, 0.25) is 0 Å². The maximum atomic E-state index is 12.5. The van der Waals surface area contributed by atoms with Crippen LogP contribution in [0.1, 0.15) is 55.4 Å². The van der Waals surface area contributed by atoms with E-state index in [1.165, 1.54) is 31.3 Å². The minimum absolute atomic E-state index is 0.0933. The topological polar surface area (TPSA) is 63.7 Å². The summed E-state index contributed by atoms with van der Waals surface area (Å²) in [6.45, 7) is 3.78. The van der Waals surface area contributed by atoms with Gasteiger partial charge in [0.25, 0.3) is 5.91 Å². The normalized spacial score (nSPS) is 21.9. The molecular weight excluding hydrogens is 342 g/mol. The first-order valence-electron chi connectivity index (χ1n) is 10.2. The summed E-state index contributed by atoms with van der Waals surface area (Å²) in [6.07, 6.45) is 11.6. The highest BCUT2D eigenvalue weighted by atomic mass is 16.7. The maximum Gasteiger partial charge on any atom is 0.269 e. The van der Waals surface area contributed by atoms with E-state index in [-0.39, 0.29) is 11.7 Å². The lowest BCUT2D eigenvalue weighted by atomic mass is 9.97. The van der Waals surface area contributed by atoms with Crippen molar-refractivity contribution in [2.45, 2.75) is 50.7 Å². The number of ether oxygens (including phenoxy) is 2. The summed E-state index contributed by atoms with van der Waals surface area (Å²) in [5.74, 6) is -0.471. The van der Waals surface area contributed by atoms with E-state index in [2.05, 4.69) is 21.3 Å². The fourth-order valence-electron chi connectivity index (χ4n) is 4.19. The number of rotatable bonds is 5. The highest BCUT2D eigenvalue weighted by Crippen LogP contribution is 2.33. The monoisotopic (exact) mass is 371 g/mol. The molecule has 1 amide bonds. The zero-order chi connectivity index (χ0) is 18.5. The SMILES string of the molecule is O=C(NCCC1=CCCCC1)c1cc(N2CCC3(CC2)OCCO3)ccn1. The van der Waals surface area contributed by atoms with Crippen molar-refractivity contribution in [2.24, 2.45) is 0 Å². The molecule has 2 fully saturated rings. The molecule has 1 N–H and O–H groups in total. The number of carbonyl (C=O) groups is 1. The Kier molecular flexibility index (Phi) is 5.74. The van der Waals surface area contributed by atoms with Crippen molar-refractivity contribution in [2.75, 3.05) is 37.7 Å². The van der Waals surface area contributed by atoms with Gasteiger partial charge in [0.15, 0.2) is 5.79 Å². The molecule has 1 spiro atoms. The zero-order valence-electron chi connectivity index (χ0n) is 15.9. The van der Waals surface area contributed by atoms with Crippen LogP contribution in [0, 0.1) is 0 Å². The number of nitrogens with one attached hydrogen (secondary N) is 1. The summed E-state index contributed by atoms with van der Waals surface area (Å²) in [5.41, 5.74) is 3.00. The lowest BCUT2D eigenvalue weighted by Gasteiger charge is -2.38. The molecule has 1 aromatic heterocycles. The minimum atomic E-state index is -0.377. The van der Waals surface area contributed by atoms with Gasteiger partial charge >= 0.3 is 0 Å². The highest BCUT2D eigenvalue weighted by Gasteiger charge is 2.39. The molecule has 146 valence electrons. The van der Waals surface area contributed by atoms with Gasteiger partial charge in [-0.25, -0.2) is 0 Å². The van der Waals surface area contributed by atoms with Gasteiger partial charge in [-0.2, -0.15) is 0 Å². The molecule has 27 heavy (non-hydrogen) atoms. The number of carbonyl (C=O) groups excluding carboxylic acids is 1. The lowest BCUT2D eigenvalue weighted by Crippen LogP contribution is -2.45. The largest absolute Gasteiger partial charge is 0.371 e. The maximum absolute atomic E-state index is 12.5. The Balaban J connectivity index is 1.30. The second-order valence-electron chi connectivity index (χ2n) is 7.61. The Morgan fingerprint density at radius 1 is 1.22 bits per heavy atom. The zero-order valence-corrected chi connectivity index (χ0v) is 15.9. The van der Waals surface area contributed by atoms with E-state index in [1.807, 2.05) is 12.1 Å². The standard InChI is InChI=1S/C21H29N3O3/c25-20(23-10-6-17-4-2-1-3-5-17)19-16-18(7-11-22-19)24-12-8-21(9-13-24)26-14-15-27-21/h4,7,11,16H,1-3,5-6,8-10,12-15H2,(H,23,25). The smallest absolute Gasteiger partial charge is 0.269 e. The fourth-order valence-corrected chi connectivity index (χ4v) is 4.19. The third-order valence-electron chi connectivity index (χ3n) is 5.80. The van der Waals surface area contributed by atoms with Crippen molar-refractivity contribution >= 4 is 11.6 Å². The first kappa shape index (κ1) is 18.4. The van der Waals surface area contributed by atoms with Crippen molar-refractivity contribution in [3.63, 3.8) is 0 Å². The van der Waals surface area contributed by atoms with Crippen LogP contribution in [0.2, 0.25) is 0 Å². The second-order valence-corrected chi connectivity index (χ2v) is 7.61. The Labute approximate surface area is 160 Å². The van der Waals surface area contributed by atoms with E-state index in [0.717, 1.165) is 38.0 Å². The predicted molar refractivity (Wildman–Crippen MR) is 104 cm³/mol. The molecule has 2 aliphatic heterocycles. The van der Waals surface area contributed by atoms with Crippen molar-refractivity contribution in [3.8, 4) is 0 Å². The van der Waals surface area contributed by atoms with Gasteiger partial charge in [-0.05, 0) is 44.2 Å². The van der Waals surface area contributed by atoms with Crippen molar-refractivity contribution in [3.05, 3.63) is 35.7 Å². The van der Waals surface area contributed by atoms with Gasteiger partial charge in [0.05, 0.1) is 13.2 Å². The number of allylic oxidation sites excluding steroid dienone is 1. The number of pyridine rings is 1. The van der Waals surface area contributed by atoms with Crippen LogP contribution in [-0.4, -0.2) is 49.5 Å². The Hall–Kier alpha value is -1.92. The summed E-state index contributed by atoms with van der Waals surface area (Å²) in [7, 11) is 0. The van der Waals surface area contributed by atoms with E-state index < -0.39 is 0 Å². The number of hydrogen-bond acceptors (Lipinski definition) is 5. The molecule has 6 nitrogen and oxygen atoms in total. The first-order valence-corrected chi connectivity index (χ1v) is 10.2. The number of nitrogens with zero attached hydrogens (tertiary/aromatic N) is 2. The molecule has 0 atom stereocenters. The number of amides is 1. The highest BCUT2D eigenvalue weighted by molar-refractivity contribution is 5.93. The summed E-state index contributed by atoms with van der Waals surface area (Å²) < 4.78 is 11.6. The van der Waals surface area contributed by atoms with E-state index in [4.69, 9.17) is 9.47 Å². The molecule has 0 radical (unpaired) electrons. The summed E-state index contributed by atoms with van der Waals surface area (Å²) in [5, 5.41) is 3.02. The number of hydrogen-bond donors (Lipinski definition) is 1. The van der Waals surface area contributed by atoms with E-state index >= 15 is 0 Å². The molecule has 3 heterocycles. The van der Waals surface area contributed by atoms with E-state index in [0.29, 0.717) is 25.5 Å². The average molecular weight is 371 g/mol. The number of anilines is 1. The summed E-state index contributed by atoms with van der Waals surface area (Å²) in [4.78, 5) is 19.0. The predicted octanol–water partition coefficient (Wildman–Crippen LogP) is 3.05. The summed E-state index contributed by atoms with van der Waals surface area (Å²) >= 11 is 0. The lowest BCUT2D eigenvalue weighted by molar-refractivity contribution is -0.169. The Morgan fingerprint density at radius 3 is 2.78 bits per heavy atom. The van der Waals surface area contributed by atoms with Gasteiger partial charge in [-0.1, -0.05) is 11.6 Å². The van der Waals surface area contributed by atoms with E-state index in [1.54, 1.807) is 6.20 Å². The minimum Gasteiger partial charge on any atom is -0.371 e. The molecule has 0 bridgehead atoms. The molecule has 0 unspecified atom stereocenters. The van der Waals surface area contributed by atoms with Crippen LogP contribution in [-0.2, 0) is 9.47 Å². The van der Waals surface area contributed by atoms with Gasteiger partial charge in [0.1, 0.15) is 5.69 Å². The quantitative estimate of drug-likeness (QED) is 0.806. The molecular formula is C21H29N3O3. The second kappa shape index (κ2) is 8.40. The molecule has 0 saturated carbocycles. The molecule has 1 aromatic rings. The van der Waals surface area contributed by atoms with Crippen molar-refractivity contribution in [1.82, 2.24) is 10.3 Å².